The highest BCUT2D eigenvalue weighted by molar-refractivity contribution is 5.82. The first-order valence-electron chi connectivity index (χ1n) is 5.82. The number of aliphatic hydroxyl groups excluding tert-OH is 1. The maximum atomic E-state index is 11.8. The lowest BCUT2D eigenvalue weighted by Gasteiger charge is -2.17. The van der Waals surface area contributed by atoms with Crippen molar-refractivity contribution in [1.29, 1.82) is 0 Å². The van der Waals surface area contributed by atoms with Gasteiger partial charge in [-0.2, -0.15) is 0 Å². The number of amides is 1. The first-order valence-corrected chi connectivity index (χ1v) is 5.82. The van der Waals surface area contributed by atoms with Gasteiger partial charge in [-0.25, -0.2) is 4.98 Å². The molecule has 2 rings (SSSR count). The van der Waals surface area contributed by atoms with Gasteiger partial charge in [0.1, 0.15) is 0 Å². The second-order valence-corrected chi connectivity index (χ2v) is 4.52. The molecule has 0 spiro atoms. The SMILES string of the molecule is CC(Cn1ccnc1)NC(=O)C1CC(O)CN1. The molecule has 1 fully saturated rings. The van der Waals surface area contributed by atoms with E-state index >= 15 is 0 Å². The quantitative estimate of drug-likeness (QED) is 0.636. The zero-order valence-corrected chi connectivity index (χ0v) is 9.84. The van der Waals surface area contributed by atoms with Gasteiger partial charge in [0.05, 0.1) is 18.5 Å². The van der Waals surface area contributed by atoms with Gasteiger partial charge in [0, 0.05) is 31.5 Å². The Hall–Kier alpha value is -1.40. The summed E-state index contributed by atoms with van der Waals surface area (Å²) in [6.07, 6.45) is 5.38. The Morgan fingerprint density at radius 1 is 1.76 bits per heavy atom. The number of imidazole rings is 1. The number of aromatic nitrogens is 2. The third-order valence-electron chi connectivity index (χ3n) is 2.86. The van der Waals surface area contributed by atoms with E-state index in [1.165, 1.54) is 0 Å². The zero-order valence-electron chi connectivity index (χ0n) is 9.84. The van der Waals surface area contributed by atoms with Crippen molar-refractivity contribution < 1.29 is 9.90 Å². The fourth-order valence-corrected chi connectivity index (χ4v) is 2.02. The minimum Gasteiger partial charge on any atom is -0.392 e. The Morgan fingerprint density at radius 3 is 3.18 bits per heavy atom. The summed E-state index contributed by atoms with van der Waals surface area (Å²) in [5, 5.41) is 15.2. The molecule has 1 aliphatic heterocycles. The molecule has 3 unspecified atom stereocenters. The number of carbonyl (C=O) groups excluding carboxylic acids is 1. The van der Waals surface area contributed by atoms with Crippen molar-refractivity contribution in [3.63, 3.8) is 0 Å². The summed E-state index contributed by atoms with van der Waals surface area (Å²) >= 11 is 0. The van der Waals surface area contributed by atoms with E-state index in [2.05, 4.69) is 15.6 Å². The summed E-state index contributed by atoms with van der Waals surface area (Å²) in [5.74, 6) is -0.0471. The van der Waals surface area contributed by atoms with Crippen LogP contribution in [0.4, 0.5) is 0 Å². The van der Waals surface area contributed by atoms with Gasteiger partial charge in [0.15, 0.2) is 0 Å². The number of aliphatic hydroxyl groups is 1. The molecule has 0 aromatic carbocycles. The predicted octanol–water partition coefficient (Wildman–Crippen LogP) is -0.889. The van der Waals surface area contributed by atoms with E-state index in [0.717, 1.165) is 0 Å². The minimum atomic E-state index is -0.408. The van der Waals surface area contributed by atoms with Gasteiger partial charge in [-0.05, 0) is 13.3 Å². The zero-order chi connectivity index (χ0) is 12.3. The Balaban J connectivity index is 1.78. The summed E-state index contributed by atoms with van der Waals surface area (Å²) in [7, 11) is 0. The molecule has 1 aromatic heterocycles. The van der Waals surface area contributed by atoms with Gasteiger partial charge >= 0.3 is 0 Å². The van der Waals surface area contributed by atoms with Crippen LogP contribution >= 0.6 is 0 Å². The van der Waals surface area contributed by atoms with Crippen molar-refractivity contribution >= 4 is 5.91 Å². The van der Waals surface area contributed by atoms with E-state index in [9.17, 15) is 9.90 Å². The lowest BCUT2D eigenvalue weighted by Crippen LogP contribution is -2.45. The molecule has 17 heavy (non-hydrogen) atoms. The van der Waals surface area contributed by atoms with E-state index in [4.69, 9.17) is 0 Å². The van der Waals surface area contributed by atoms with Crippen LogP contribution in [0.25, 0.3) is 0 Å². The fraction of sp³-hybridized carbons (Fsp3) is 0.636. The van der Waals surface area contributed by atoms with Crippen molar-refractivity contribution in [2.45, 2.75) is 38.1 Å². The molecule has 1 aliphatic rings. The average molecular weight is 238 g/mol. The highest BCUT2D eigenvalue weighted by Crippen LogP contribution is 2.06. The molecule has 6 heteroatoms. The molecule has 0 saturated carbocycles. The highest BCUT2D eigenvalue weighted by Gasteiger charge is 2.28. The first kappa shape index (κ1) is 12.1. The third kappa shape index (κ3) is 3.28. The van der Waals surface area contributed by atoms with Crippen molar-refractivity contribution in [2.75, 3.05) is 6.54 Å². The third-order valence-corrected chi connectivity index (χ3v) is 2.86. The lowest BCUT2D eigenvalue weighted by molar-refractivity contribution is -0.123. The second kappa shape index (κ2) is 5.29. The summed E-state index contributed by atoms with van der Waals surface area (Å²) in [5.41, 5.74) is 0. The number of hydrogen-bond donors (Lipinski definition) is 3. The predicted molar refractivity (Wildman–Crippen MR) is 62.2 cm³/mol. The van der Waals surface area contributed by atoms with Crippen molar-refractivity contribution in [3.05, 3.63) is 18.7 Å². The fourth-order valence-electron chi connectivity index (χ4n) is 2.02. The van der Waals surface area contributed by atoms with E-state index in [0.29, 0.717) is 19.5 Å². The number of hydrogen-bond acceptors (Lipinski definition) is 4. The number of β-amino-alcohol motifs (C(OH)–C–C–N with tert-alkyl or cyclic N) is 1. The molecule has 0 radical (unpaired) electrons. The van der Waals surface area contributed by atoms with Gasteiger partial charge < -0.3 is 20.3 Å². The molecule has 1 saturated heterocycles. The number of rotatable bonds is 4. The second-order valence-electron chi connectivity index (χ2n) is 4.52. The van der Waals surface area contributed by atoms with Gasteiger partial charge in [0.25, 0.3) is 0 Å². The van der Waals surface area contributed by atoms with E-state index in [1.807, 2.05) is 17.7 Å². The number of carbonyl (C=O) groups is 1. The molecule has 0 aliphatic carbocycles. The standard InChI is InChI=1S/C11H18N4O2/c1-8(6-15-3-2-12-7-15)14-11(17)10-4-9(16)5-13-10/h2-3,7-10,13,16H,4-6H2,1H3,(H,14,17). The van der Waals surface area contributed by atoms with Crippen LogP contribution in [0.2, 0.25) is 0 Å². The van der Waals surface area contributed by atoms with Crippen LogP contribution < -0.4 is 10.6 Å². The van der Waals surface area contributed by atoms with Crippen LogP contribution in [0.3, 0.4) is 0 Å². The first-order chi connectivity index (χ1) is 8.15. The van der Waals surface area contributed by atoms with Crippen LogP contribution in [-0.4, -0.2) is 45.3 Å². The van der Waals surface area contributed by atoms with E-state index < -0.39 is 6.10 Å². The van der Waals surface area contributed by atoms with Crippen molar-refractivity contribution in [3.8, 4) is 0 Å². The molecule has 1 aromatic rings. The average Bonchev–Trinajstić information content (AvgIpc) is 2.89. The molecular formula is C11H18N4O2. The van der Waals surface area contributed by atoms with Gasteiger partial charge in [-0.1, -0.05) is 0 Å². The van der Waals surface area contributed by atoms with Crippen LogP contribution in [-0.2, 0) is 11.3 Å². The van der Waals surface area contributed by atoms with Crippen LogP contribution in [0, 0.1) is 0 Å². The Labute approximate surface area is 100 Å². The van der Waals surface area contributed by atoms with Crippen molar-refractivity contribution in [1.82, 2.24) is 20.2 Å². The van der Waals surface area contributed by atoms with Crippen LogP contribution in [0.15, 0.2) is 18.7 Å². The van der Waals surface area contributed by atoms with Gasteiger partial charge in [0.2, 0.25) is 5.91 Å². The molecule has 2 heterocycles. The maximum Gasteiger partial charge on any atom is 0.237 e. The summed E-state index contributed by atoms with van der Waals surface area (Å²) < 4.78 is 1.92. The van der Waals surface area contributed by atoms with Gasteiger partial charge in [-0.15, -0.1) is 0 Å². The molecule has 3 N–H and O–H groups in total. The normalized spacial score (nSPS) is 25.8. The van der Waals surface area contributed by atoms with E-state index in [1.54, 1.807) is 12.5 Å². The van der Waals surface area contributed by atoms with Crippen LogP contribution in [0.5, 0.6) is 0 Å². The van der Waals surface area contributed by atoms with Crippen LogP contribution in [0.1, 0.15) is 13.3 Å². The molecule has 0 bridgehead atoms. The lowest BCUT2D eigenvalue weighted by atomic mass is 10.2. The minimum absolute atomic E-state index is 0.0382. The molecular weight excluding hydrogens is 220 g/mol. The molecule has 1 amide bonds. The summed E-state index contributed by atoms with van der Waals surface area (Å²) in [6, 6.07) is -0.230. The largest absolute Gasteiger partial charge is 0.392 e. The smallest absolute Gasteiger partial charge is 0.237 e. The molecule has 94 valence electrons. The molecule has 3 atom stereocenters. The Kier molecular flexibility index (Phi) is 3.75. The van der Waals surface area contributed by atoms with Gasteiger partial charge in [-0.3, -0.25) is 4.79 Å². The number of nitrogens with one attached hydrogen (secondary N) is 2. The topological polar surface area (TPSA) is 79.2 Å². The highest BCUT2D eigenvalue weighted by atomic mass is 16.3. The summed E-state index contributed by atoms with van der Waals surface area (Å²) in [6.45, 7) is 3.14. The number of nitrogens with zero attached hydrogens (tertiary/aromatic N) is 2. The Morgan fingerprint density at radius 2 is 2.59 bits per heavy atom. The monoisotopic (exact) mass is 238 g/mol. The van der Waals surface area contributed by atoms with E-state index in [-0.39, 0.29) is 18.0 Å². The maximum absolute atomic E-state index is 11.8. The Bertz CT molecular complexity index is 366. The summed E-state index contributed by atoms with van der Waals surface area (Å²) in [4.78, 5) is 15.8. The van der Waals surface area contributed by atoms with Crippen molar-refractivity contribution in [2.24, 2.45) is 0 Å². The molecule has 6 nitrogen and oxygen atoms in total.